The minimum Gasteiger partial charge on any atom is -0.350 e. The van der Waals surface area contributed by atoms with Crippen molar-refractivity contribution in [2.24, 2.45) is 0 Å². The molecule has 0 saturated carbocycles. The van der Waals surface area contributed by atoms with E-state index in [1.165, 1.54) is 0 Å². The van der Waals surface area contributed by atoms with Gasteiger partial charge in [0.15, 0.2) is 11.5 Å². The van der Waals surface area contributed by atoms with Gasteiger partial charge in [0.1, 0.15) is 6.33 Å². The van der Waals surface area contributed by atoms with Crippen molar-refractivity contribution >= 4 is 23.1 Å². The molecule has 0 fully saturated rings. The molecule has 0 spiro atoms. The number of pyridine rings is 1. The fourth-order valence-corrected chi connectivity index (χ4v) is 4.06. The van der Waals surface area contributed by atoms with Crippen LogP contribution in [0.25, 0.3) is 5.65 Å². The van der Waals surface area contributed by atoms with E-state index in [2.05, 4.69) is 32.3 Å². The average Bonchev–Trinajstić information content (AvgIpc) is 3.25. The first-order valence-corrected chi connectivity index (χ1v) is 10.3. The topological polar surface area (TPSA) is 88.3 Å². The van der Waals surface area contributed by atoms with Gasteiger partial charge in [-0.2, -0.15) is 4.52 Å². The van der Waals surface area contributed by atoms with Gasteiger partial charge in [-0.3, -0.25) is 9.78 Å². The van der Waals surface area contributed by atoms with Crippen LogP contribution in [0.5, 0.6) is 0 Å². The van der Waals surface area contributed by atoms with E-state index in [0.717, 1.165) is 52.4 Å². The quantitative estimate of drug-likeness (QED) is 0.555. The molecule has 1 aromatic carbocycles. The molecule has 0 saturated heterocycles. The molecule has 8 heteroatoms. The Morgan fingerprint density at radius 3 is 2.81 bits per heavy atom. The Bertz CT molecular complexity index is 1310. The van der Waals surface area contributed by atoms with Gasteiger partial charge < -0.3 is 10.2 Å². The zero-order valence-corrected chi connectivity index (χ0v) is 17.8. The van der Waals surface area contributed by atoms with Crippen molar-refractivity contribution in [2.45, 2.75) is 33.7 Å². The Kier molecular flexibility index (Phi) is 4.62. The summed E-state index contributed by atoms with van der Waals surface area (Å²) < 4.78 is 1.73. The summed E-state index contributed by atoms with van der Waals surface area (Å²) in [7, 11) is 0. The number of nitrogens with one attached hydrogen (secondary N) is 1. The number of fused-ring (bicyclic) bond motifs is 2. The lowest BCUT2D eigenvalue weighted by atomic mass is 10.0. The van der Waals surface area contributed by atoms with Crippen LogP contribution >= 0.6 is 0 Å². The fraction of sp³-hybridized carbons (Fsp3) is 0.261. The molecule has 0 radical (unpaired) electrons. The van der Waals surface area contributed by atoms with Crippen LogP contribution in [-0.2, 0) is 13.0 Å². The minimum atomic E-state index is -0.126. The molecule has 1 aliphatic heterocycles. The van der Waals surface area contributed by atoms with Gasteiger partial charge in [-0.1, -0.05) is 18.2 Å². The molecule has 1 aliphatic rings. The first-order valence-electron chi connectivity index (χ1n) is 10.3. The van der Waals surface area contributed by atoms with Crippen molar-refractivity contribution in [3.8, 4) is 0 Å². The number of rotatable bonds is 3. The molecule has 4 heterocycles. The van der Waals surface area contributed by atoms with Crippen LogP contribution in [0.2, 0.25) is 0 Å². The van der Waals surface area contributed by atoms with E-state index in [1.807, 2.05) is 44.2 Å². The number of nitrogens with zero attached hydrogens (tertiary/aromatic N) is 6. The molecule has 31 heavy (non-hydrogen) atoms. The van der Waals surface area contributed by atoms with E-state index in [9.17, 15) is 4.79 Å². The maximum absolute atomic E-state index is 12.7. The number of amides is 1. The summed E-state index contributed by atoms with van der Waals surface area (Å²) in [6.07, 6.45) is 4.19. The van der Waals surface area contributed by atoms with Crippen LogP contribution in [0.4, 0.5) is 11.5 Å². The lowest BCUT2D eigenvalue weighted by molar-refractivity contribution is 0.102. The van der Waals surface area contributed by atoms with Crippen molar-refractivity contribution in [3.05, 3.63) is 76.4 Å². The summed E-state index contributed by atoms with van der Waals surface area (Å²) >= 11 is 0. The Labute approximate surface area is 179 Å². The Morgan fingerprint density at radius 1 is 1.13 bits per heavy atom. The maximum Gasteiger partial charge on any atom is 0.255 e. The Balaban J connectivity index is 1.42. The van der Waals surface area contributed by atoms with E-state index in [1.54, 1.807) is 17.0 Å². The molecule has 5 rings (SSSR count). The number of hydrogen-bond donors (Lipinski definition) is 1. The number of anilines is 2. The van der Waals surface area contributed by atoms with Crippen LogP contribution in [-0.4, -0.2) is 37.2 Å². The van der Waals surface area contributed by atoms with Crippen molar-refractivity contribution in [1.82, 2.24) is 24.8 Å². The van der Waals surface area contributed by atoms with Crippen LogP contribution < -0.4 is 10.2 Å². The van der Waals surface area contributed by atoms with Crippen LogP contribution in [0.1, 0.15) is 38.3 Å². The molecule has 1 N–H and O–H groups in total. The lowest BCUT2D eigenvalue weighted by Gasteiger charge is -2.30. The highest BCUT2D eigenvalue weighted by Gasteiger charge is 2.23. The smallest absolute Gasteiger partial charge is 0.255 e. The van der Waals surface area contributed by atoms with Crippen molar-refractivity contribution in [3.63, 3.8) is 0 Å². The zero-order chi connectivity index (χ0) is 21.5. The predicted octanol–water partition coefficient (Wildman–Crippen LogP) is 3.26. The normalized spacial score (nSPS) is 13.3. The first-order chi connectivity index (χ1) is 15.0. The number of carbonyl (C=O) groups is 1. The maximum atomic E-state index is 12.7. The molecule has 0 aliphatic carbocycles. The third kappa shape index (κ3) is 3.39. The van der Waals surface area contributed by atoms with Crippen LogP contribution in [0.3, 0.4) is 0 Å². The SMILES string of the molecule is Cc1ccccc1C(=O)Nc1cnc2c(c1)CN(c1nn3cnnc3c(C)c1C)CC2. The highest BCUT2D eigenvalue weighted by Crippen LogP contribution is 2.28. The molecule has 1 amide bonds. The third-order valence-electron chi connectivity index (χ3n) is 5.95. The summed E-state index contributed by atoms with van der Waals surface area (Å²) in [6.45, 7) is 7.55. The second-order valence-electron chi connectivity index (χ2n) is 7.94. The second-order valence-corrected chi connectivity index (χ2v) is 7.94. The summed E-state index contributed by atoms with van der Waals surface area (Å²) in [6, 6.07) is 9.58. The average molecular weight is 413 g/mol. The van der Waals surface area contributed by atoms with Gasteiger partial charge in [0.25, 0.3) is 5.91 Å². The van der Waals surface area contributed by atoms with Crippen LogP contribution in [0.15, 0.2) is 42.9 Å². The fourth-order valence-electron chi connectivity index (χ4n) is 4.06. The predicted molar refractivity (Wildman–Crippen MR) is 118 cm³/mol. The molecule has 3 aromatic heterocycles. The second kappa shape index (κ2) is 7.46. The van der Waals surface area contributed by atoms with Gasteiger partial charge in [0, 0.05) is 41.9 Å². The molecule has 0 atom stereocenters. The van der Waals surface area contributed by atoms with E-state index in [4.69, 9.17) is 5.10 Å². The minimum absolute atomic E-state index is 0.126. The van der Waals surface area contributed by atoms with Crippen LogP contribution in [0, 0.1) is 20.8 Å². The Hall–Kier alpha value is -3.81. The van der Waals surface area contributed by atoms with Gasteiger partial charge in [-0.15, -0.1) is 15.3 Å². The molecule has 0 unspecified atom stereocenters. The van der Waals surface area contributed by atoms with Crippen molar-refractivity contribution < 1.29 is 4.79 Å². The summed E-state index contributed by atoms with van der Waals surface area (Å²) in [5.41, 5.74) is 7.41. The molecule has 4 aromatic rings. The number of hydrogen-bond acceptors (Lipinski definition) is 6. The summed E-state index contributed by atoms with van der Waals surface area (Å²) in [5.74, 6) is 0.795. The Morgan fingerprint density at radius 2 is 1.97 bits per heavy atom. The first kappa shape index (κ1) is 19.2. The molecular formula is C23H23N7O. The number of aromatic nitrogens is 5. The van der Waals surface area contributed by atoms with E-state index in [-0.39, 0.29) is 5.91 Å². The molecular weight excluding hydrogens is 390 g/mol. The van der Waals surface area contributed by atoms with Gasteiger partial charge >= 0.3 is 0 Å². The van der Waals surface area contributed by atoms with Crippen molar-refractivity contribution in [1.29, 1.82) is 0 Å². The highest BCUT2D eigenvalue weighted by atomic mass is 16.1. The van der Waals surface area contributed by atoms with Gasteiger partial charge in [0.05, 0.1) is 11.9 Å². The highest BCUT2D eigenvalue weighted by molar-refractivity contribution is 6.05. The lowest BCUT2D eigenvalue weighted by Crippen LogP contribution is -2.33. The van der Waals surface area contributed by atoms with Gasteiger partial charge in [-0.05, 0) is 44.0 Å². The van der Waals surface area contributed by atoms with E-state index < -0.39 is 0 Å². The van der Waals surface area contributed by atoms with Gasteiger partial charge in [-0.25, -0.2) is 0 Å². The van der Waals surface area contributed by atoms with Crippen molar-refractivity contribution in [2.75, 3.05) is 16.8 Å². The van der Waals surface area contributed by atoms with Gasteiger partial charge in [0.2, 0.25) is 0 Å². The molecule has 0 bridgehead atoms. The number of aryl methyl sites for hydroxylation is 2. The number of benzene rings is 1. The summed E-state index contributed by atoms with van der Waals surface area (Å²) in [5, 5.41) is 15.9. The monoisotopic (exact) mass is 413 g/mol. The summed E-state index contributed by atoms with van der Waals surface area (Å²) in [4.78, 5) is 19.6. The standard InChI is InChI=1S/C23H23N7O/c1-14-6-4-5-7-19(14)23(31)26-18-10-17-12-29(9-8-20(17)24-11-18)22-16(3)15(2)21-27-25-13-30(21)28-22/h4-7,10-11,13H,8-9,12H2,1-3H3,(H,26,31). The van der Waals surface area contributed by atoms with E-state index >= 15 is 0 Å². The zero-order valence-electron chi connectivity index (χ0n) is 17.8. The largest absolute Gasteiger partial charge is 0.350 e. The third-order valence-corrected chi connectivity index (χ3v) is 5.95. The van der Waals surface area contributed by atoms with E-state index in [0.29, 0.717) is 17.8 Å². The molecule has 156 valence electrons. The molecule has 8 nitrogen and oxygen atoms in total. The number of carbonyl (C=O) groups excluding carboxylic acids is 1.